The maximum absolute atomic E-state index is 11.9. The number of sulfone groups is 1. The molecule has 1 N–H and O–H groups in total. The fourth-order valence-corrected chi connectivity index (χ4v) is 2.84. The highest BCUT2D eigenvalue weighted by atomic mass is 32.2. The number of likely N-dealkylation sites (N-methyl/N-ethyl adjacent to an activating group) is 1. The second kappa shape index (κ2) is 5.63. The van der Waals surface area contributed by atoms with Gasteiger partial charge >= 0.3 is 0 Å². The van der Waals surface area contributed by atoms with E-state index in [1.54, 1.807) is 13.8 Å². The highest BCUT2D eigenvalue weighted by Crippen LogP contribution is 2.23. The molecule has 1 atom stereocenters. The van der Waals surface area contributed by atoms with E-state index < -0.39 is 14.6 Å². The molecule has 0 radical (unpaired) electrons. The van der Waals surface area contributed by atoms with E-state index in [0.29, 0.717) is 6.42 Å². The molecular weight excluding hydrogens is 258 g/mol. The monoisotopic (exact) mass is 283 g/mol. The lowest BCUT2D eigenvalue weighted by Crippen LogP contribution is -2.51. The van der Waals surface area contributed by atoms with E-state index in [0.717, 1.165) is 0 Å². The summed E-state index contributed by atoms with van der Waals surface area (Å²) in [6.07, 6.45) is 2.01. The van der Waals surface area contributed by atoms with Crippen LogP contribution in [0.4, 0.5) is 0 Å². The van der Waals surface area contributed by atoms with Gasteiger partial charge in [-0.1, -0.05) is 18.2 Å². The zero-order valence-corrected chi connectivity index (χ0v) is 13.6. The number of rotatable bonds is 5. The van der Waals surface area contributed by atoms with Gasteiger partial charge in [0.25, 0.3) is 0 Å². The largest absolute Gasteiger partial charge is 0.315 e. The maximum Gasteiger partial charge on any atom is 0.154 e. The minimum Gasteiger partial charge on any atom is -0.315 e. The molecule has 0 aliphatic rings. The molecule has 0 bridgehead atoms. The average molecular weight is 283 g/mol. The van der Waals surface area contributed by atoms with Gasteiger partial charge in [-0.25, -0.2) is 8.42 Å². The summed E-state index contributed by atoms with van der Waals surface area (Å²) in [6, 6.07) is 6.19. The molecule has 0 amide bonds. The van der Waals surface area contributed by atoms with Crippen molar-refractivity contribution in [2.24, 2.45) is 0 Å². The van der Waals surface area contributed by atoms with E-state index in [2.05, 4.69) is 37.4 Å². The zero-order valence-electron chi connectivity index (χ0n) is 12.7. The summed E-state index contributed by atoms with van der Waals surface area (Å²) in [5, 5.41) is 3.15. The molecule has 3 nitrogen and oxygen atoms in total. The Morgan fingerprint density at radius 1 is 1.21 bits per heavy atom. The fourth-order valence-electron chi connectivity index (χ4n) is 2.12. The van der Waals surface area contributed by atoms with Crippen LogP contribution >= 0.6 is 0 Å². The second-order valence-corrected chi connectivity index (χ2v) is 8.44. The van der Waals surface area contributed by atoms with E-state index in [1.807, 2.05) is 7.05 Å². The van der Waals surface area contributed by atoms with Gasteiger partial charge in [0.15, 0.2) is 9.84 Å². The van der Waals surface area contributed by atoms with Gasteiger partial charge in [0.2, 0.25) is 0 Å². The van der Waals surface area contributed by atoms with E-state index in [4.69, 9.17) is 0 Å². The first-order valence-corrected chi connectivity index (χ1v) is 8.41. The summed E-state index contributed by atoms with van der Waals surface area (Å²) in [6.45, 7) is 7.72. The van der Waals surface area contributed by atoms with Crippen molar-refractivity contribution in [3.05, 3.63) is 34.9 Å². The zero-order chi connectivity index (χ0) is 14.8. The highest BCUT2D eigenvalue weighted by molar-refractivity contribution is 7.92. The molecule has 19 heavy (non-hydrogen) atoms. The first-order chi connectivity index (χ1) is 8.59. The van der Waals surface area contributed by atoms with Crippen LogP contribution in [0, 0.1) is 13.8 Å². The van der Waals surface area contributed by atoms with Crippen LogP contribution < -0.4 is 5.32 Å². The van der Waals surface area contributed by atoms with Crippen molar-refractivity contribution in [1.29, 1.82) is 0 Å². The van der Waals surface area contributed by atoms with Crippen molar-refractivity contribution in [1.82, 2.24) is 5.32 Å². The SMILES string of the molecule is CNC(Cc1ccc(C)c(C)c1)C(C)(C)S(C)(=O)=O. The van der Waals surface area contributed by atoms with Crippen molar-refractivity contribution in [2.75, 3.05) is 13.3 Å². The number of nitrogens with one attached hydrogen (secondary N) is 1. The maximum atomic E-state index is 11.9. The van der Waals surface area contributed by atoms with E-state index in [-0.39, 0.29) is 6.04 Å². The Morgan fingerprint density at radius 2 is 1.79 bits per heavy atom. The molecule has 1 aromatic rings. The van der Waals surface area contributed by atoms with Gasteiger partial charge in [-0.15, -0.1) is 0 Å². The predicted molar refractivity (Wildman–Crippen MR) is 81.4 cm³/mol. The van der Waals surface area contributed by atoms with Crippen LogP contribution in [0.5, 0.6) is 0 Å². The summed E-state index contributed by atoms with van der Waals surface area (Å²) in [4.78, 5) is 0. The Kier molecular flexibility index (Phi) is 4.80. The molecule has 0 heterocycles. The van der Waals surface area contributed by atoms with Crippen LogP contribution in [-0.4, -0.2) is 32.5 Å². The van der Waals surface area contributed by atoms with Crippen LogP contribution in [0.3, 0.4) is 0 Å². The molecule has 0 aromatic heterocycles. The number of benzene rings is 1. The Bertz CT molecular complexity index is 547. The second-order valence-electron chi connectivity index (χ2n) is 5.84. The lowest BCUT2D eigenvalue weighted by atomic mass is 9.94. The molecule has 1 unspecified atom stereocenters. The molecule has 0 spiro atoms. The van der Waals surface area contributed by atoms with Crippen molar-refractivity contribution in [3.63, 3.8) is 0 Å². The molecule has 0 aliphatic heterocycles. The van der Waals surface area contributed by atoms with Crippen LogP contribution in [0.1, 0.15) is 30.5 Å². The number of hydrogen-bond acceptors (Lipinski definition) is 3. The van der Waals surface area contributed by atoms with Gasteiger partial charge in [-0.3, -0.25) is 0 Å². The number of hydrogen-bond donors (Lipinski definition) is 1. The summed E-state index contributed by atoms with van der Waals surface area (Å²) >= 11 is 0. The summed E-state index contributed by atoms with van der Waals surface area (Å²) in [5.74, 6) is 0. The van der Waals surface area contributed by atoms with Crippen LogP contribution in [0.25, 0.3) is 0 Å². The predicted octanol–water partition coefficient (Wildman–Crippen LogP) is 2.26. The molecule has 0 fully saturated rings. The van der Waals surface area contributed by atoms with Crippen LogP contribution in [-0.2, 0) is 16.3 Å². The summed E-state index contributed by atoms with van der Waals surface area (Å²) < 4.78 is 23.1. The van der Waals surface area contributed by atoms with Gasteiger partial charge in [0, 0.05) is 12.3 Å². The van der Waals surface area contributed by atoms with Crippen LogP contribution in [0.2, 0.25) is 0 Å². The summed E-state index contributed by atoms with van der Waals surface area (Å²) in [7, 11) is -1.30. The molecular formula is C15H25NO2S. The average Bonchev–Trinajstić information content (AvgIpc) is 2.28. The smallest absolute Gasteiger partial charge is 0.154 e. The normalized spacial score (nSPS) is 14.4. The molecule has 1 aromatic carbocycles. The molecule has 108 valence electrons. The van der Waals surface area contributed by atoms with Gasteiger partial charge in [0.1, 0.15) is 0 Å². The van der Waals surface area contributed by atoms with Crippen molar-refractivity contribution in [2.45, 2.75) is 44.9 Å². The van der Waals surface area contributed by atoms with Crippen molar-refractivity contribution < 1.29 is 8.42 Å². The fraction of sp³-hybridized carbons (Fsp3) is 0.600. The molecule has 0 saturated heterocycles. The Balaban J connectivity index is 3.03. The molecule has 0 saturated carbocycles. The lowest BCUT2D eigenvalue weighted by molar-refractivity contribution is 0.430. The molecule has 1 rings (SSSR count). The van der Waals surface area contributed by atoms with E-state index in [9.17, 15) is 8.42 Å². The first kappa shape index (κ1) is 16.2. The summed E-state index contributed by atoms with van der Waals surface area (Å²) in [5.41, 5.74) is 3.66. The van der Waals surface area contributed by atoms with Crippen molar-refractivity contribution >= 4 is 9.84 Å². The molecule has 4 heteroatoms. The third kappa shape index (κ3) is 3.57. The highest BCUT2D eigenvalue weighted by Gasteiger charge is 2.38. The third-order valence-corrected chi connectivity index (χ3v) is 6.35. The van der Waals surface area contributed by atoms with Gasteiger partial charge in [-0.05, 0) is 57.9 Å². The Labute approximate surface area is 117 Å². The minimum absolute atomic E-state index is 0.107. The number of aryl methyl sites for hydroxylation is 2. The van der Waals surface area contributed by atoms with Gasteiger partial charge < -0.3 is 5.32 Å². The third-order valence-electron chi connectivity index (χ3n) is 4.15. The lowest BCUT2D eigenvalue weighted by Gasteiger charge is -2.32. The van der Waals surface area contributed by atoms with E-state index in [1.165, 1.54) is 22.9 Å². The van der Waals surface area contributed by atoms with Crippen LogP contribution in [0.15, 0.2) is 18.2 Å². The van der Waals surface area contributed by atoms with Gasteiger partial charge in [0.05, 0.1) is 4.75 Å². The first-order valence-electron chi connectivity index (χ1n) is 6.52. The Hall–Kier alpha value is -0.870. The van der Waals surface area contributed by atoms with Crippen molar-refractivity contribution in [3.8, 4) is 0 Å². The van der Waals surface area contributed by atoms with Gasteiger partial charge in [-0.2, -0.15) is 0 Å². The standard InChI is InChI=1S/C15H25NO2S/c1-11-7-8-13(9-12(11)2)10-14(16-5)15(3,4)19(6,17)18/h7-9,14,16H,10H2,1-6H3. The van der Waals surface area contributed by atoms with E-state index >= 15 is 0 Å². The Morgan fingerprint density at radius 3 is 2.21 bits per heavy atom. The molecule has 0 aliphatic carbocycles. The quantitative estimate of drug-likeness (QED) is 0.901. The topological polar surface area (TPSA) is 46.2 Å². The minimum atomic E-state index is -3.11.